The van der Waals surface area contributed by atoms with Crippen LogP contribution in [0.25, 0.3) is 10.9 Å². The highest BCUT2D eigenvalue weighted by molar-refractivity contribution is 9.10. The number of hydrogen-bond donors (Lipinski definition) is 0. The minimum Gasteiger partial charge on any atom is -0.444 e. The van der Waals surface area contributed by atoms with Gasteiger partial charge in [0, 0.05) is 28.5 Å². The van der Waals surface area contributed by atoms with Crippen LogP contribution in [0.2, 0.25) is 16.6 Å². The van der Waals surface area contributed by atoms with Gasteiger partial charge in [0.25, 0.3) is 0 Å². The molecule has 1 amide bonds. The molecule has 0 unspecified atom stereocenters. The smallest absolute Gasteiger partial charge is 0.410 e. The van der Waals surface area contributed by atoms with Crippen molar-refractivity contribution >= 4 is 41.2 Å². The van der Waals surface area contributed by atoms with E-state index < -0.39 is 13.8 Å². The van der Waals surface area contributed by atoms with Crippen molar-refractivity contribution < 1.29 is 9.53 Å². The van der Waals surface area contributed by atoms with Crippen molar-refractivity contribution in [1.29, 1.82) is 0 Å². The molecule has 0 N–H and O–H groups in total. The zero-order valence-electron chi connectivity index (χ0n) is 22.0. The molecule has 1 aliphatic heterocycles. The van der Waals surface area contributed by atoms with Crippen molar-refractivity contribution in [2.75, 3.05) is 13.1 Å². The van der Waals surface area contributed by atoms with Gasteiger partial charge < -0.3 is 13.9 Å². The third-order valence-electron chi connectivity index (χ3n) is 7.58. The van der Waals surface area contributed by atoms with Crippen LogP contribution in [0.1, 0.15) is 86.6 Å². The normalized spacial score (nSPS) is 16.5. The van der Waals surface area contributed by atoms with E-state index in [0.717, 1.165) is 30.4 Å². The second-order valence-corrected chi connectivity index (χ2v) is 18.3. The molecular weight excluding hydrogens is 492 g/mol. The Morgan fingerprint density at radius 3 is 2.06 bits per heavy atom. The highest BCUT2D eigenvalue weighted by Crippen LogP contribution is 2.46. The highest BCUT2D eigenvalue weighted by Gasteiger charge is 2.46. The standard InChI is InChI=1S/C27H43BrN2O2Si/c1-18(2)33(19(3)4,20(5)6)30-17-24(23-16-22(28)10-11-25(23)30)21-12-14-29(15-13-21)26(31)32-27(7,8)9/h10-11,16-21H,12-15H2,1-9H3. The van der Waals surface area contributed by atoms with Crippen molar-refractivity contribution in [2.24, 2.45) is 0 Å². The number of aromatic nitrogens is 1. The van der Waals surface area contributed by atoms with Crippen LogP contribution in [0, 0.1) is 0 Å². The molecule has 184 valence electrons. The van der Waals surface area contributed by atoms with Crippen LogP contribution in [-0.2, 0) is 4.74 Å². The summed E-state index contributed by atoms with van der Waals surface area (Å²) in [7, 11) is -1.87. The fourth-order valence-electron chi connectivity index (χ4n) is 6.41. The quantitative estimate of drug-likeness (QED) is 0.360. The van der Waals surface area contributed by atoms with Gasteiger partial charge in [0.05, 0.1) is 0 Å². The predicted molar refractivity (Wildman–Crippen MR) is 146 cm³/mol. The lowest BCUT2D eigenvalue weighted by Crippen LogP contribution is -2.51. The third-order valence-corrected chi connectivity index (χ3v) is 14.8. The van der Waals surface area contributed by atoms with E-state index in [0.29, 0.717) is 22.5 Å². The van der Waals surface area contributed by atoms with Crippen LogP contribution >= 0.6 is 15.9 Å². The van der Waals surface area contributed by atoms with Gasteiger partial charge in [0.2, 0.25) is 0 Å². The zero-order chi connectivity index (χ0) is 24.7. The van der Waals surface area contributed by atoms with E-state index in [1.54, 1.807) is 0 Å². The molecule has 0 aliphatic carbocycles. The van der Waals surface area contributed by atoms with E-state index in [1.165, 1.54) is 16.5 Å². The van der Waals surface area contributed by atoms with E-state index >= 15 is 0 Å². The third kappa shape index (κ3) is 5.07. The number of ether oxygens (including phenoxy) is 1. The van der Waals surface area contributed by atoms with Crippen LogP contribution in [-0.4, -0.2) is 42.2 Å². The SMILES string of the molecule is CC(C)[Si](C(C)C)(C(C)C)n1cc(C2CCN(C(=O)OC(C)(C)C)CC2)c2cc(Br)ccc21. The topological polar surface area (TPSA) is 34.5 Å². The van der Waals surface area contributed by atoms with Crippen molar-refractivity contribution in [3.8, 4) is 0 Å². The van der Waals surface area contributed by atoms with E-state index in [9.17, 15) is 4.79 Å². The molecule has 1 saturated heterocycles. The highest BCUT2D eigenvalue weighted by atomic mass is 79.9. The largest absolute Gasteiger partial charge is 0.444 e. The van der Waals surface area contributed by atoms with Gasteiger partial charge in [-0.25, -0.2) is 4.79 Å². The first-order valence-electron chi connectivity index (χ1n) is 12.6. The summed E-state index contributed by atoms with van der Waals surface area (Å²) in [5.41, 5.74) is 4.29. The van der Waals surface area contributed by atoms with Crippen LogP contribution in [0.4, 0.5) is 4.79 Å². The molecule has 1 aromatic heterocycles. The molecule has 2 aromatic rings. The summed E-state index contributed by atoms with van der Waals surface area (Å²) in [6.45, 7) is 21.8. The minimum atomic E-state index is -1.87. The summed E-state index contributed by atoms with van der Waals surface area (Å²) in [5.74, 6) is 0.458. The first kappa shape index (κ1) is 26.3. The fourth-order valence-corrected chi connectivity index (χ4v) is 13.4. The summed E-state index contributed by atoms with van der Waals surface area (Å²) in [4.78, 5) is 14.5. The van der Waals surface area contributed by atoms with Crippen molar-refractivity contribution in [1.82, 2.24) is 9.13 Å². The second-order valence-electron chi connectivity index (χ2n) is 11.7. The fraction of sp³-hybridized carbons (Fsp3) is 0.667. The summed E-state index contributed by atoms with van der Waals surface area (Å²) in [5, 5.41) is 1.37. The lowest BCUT2D eigenvalue weighted by atomic mass is 9.89. The Labute approximate surface area is 210 Å². The van der Waals surface area contributed by atoms with Gasteiger partial charge in [0.1, 0.15) is 5.60 Å². The maximum atomic E-state index is 12.6. The number of fused-ring (bicyclic) bond motifs is 1. The lowest BCUT2D eigenvalue weighted by molar-refractivity contribution is 0.0205. The maximum Gasteiger partial charge on any atom is 0.410 e. The van der Waals surface area contributed by atoms with E-state index in [-0.39, 0.29) is 6.09 Å². The van der Waals surface area contributed by atoms with Crippen molar-refractivity contribution in [3.63, 3.8) is 0 Å². The molecule has 3 rings (SSSR count). The van der Waals surface area contributed by atoms with Gasteiger partial charge in [-0.15, -0.1) is 0 Å². The Kier molecular flexibility index (Phi) is 7.79. The number of carbonyl (C=O) groups is 1. The Morgan fingerprint density at radius 2 is 1.58 bits per heavy atom. The number of amides is 1. The summed E-state index contributed by atoms with van der Waals surface area (Å²) in [6, 6.07) is 6.81. The second kappa shape index (κ2) is 9.77. The minimum absolute atomic E-state index is 0.183. The van der Waals surface area contributed by atoms with Gasteiger partial charge in [-0.2, -0.15) is 0 Å². The molecule has 0 bridgehead atoms. The number of hydrogen-bond acceptors (Lipinski definition) is 2. The Hall–Kier alpha value is -1.27. The molecule has 33 heavy (non-hydrogen) atoms. The molecule has 1 aromatic carbocycles. The molecule has 1 fully saturated rings. The number of benzene rings is 1. The van der Waals surface area contributed by atoms with Crippen LogP contribution < -0.4 is 0 Å². The van der Waals surface area contributed by atoms with Crippen molar-refractivity contribution in [2.45, 2.75) is 103 Å². The zero-order valence-corrected chi connectivity index (χ0v) is 24.6. The number of halogens is 1. The predicted octanol–water partition coefficient (Wildman–Crippen LogP) is 8.54. The molecule has 0 radical (unpaired) electrons. The van der Waals surface area contributed by atoms with Gasteiger partial charge >= 0.3 is 6.09 Å². The molecule has 0 spiro atoms. The molecule has 2 heterocycles. The van der Waals surface area contributed by atoms with Gasteiger partial charge in [0.15, 0.2) is 8.24 Å². The number of piperidine rings is 1. The summed E-state index contributed by atoms with van der Waals surface area (Å²) < 4.78 is 9.49. The number of likely N-dealkylation sites (tertiary alicyclic amines) is 1. The average Bonchev–Trinajstić information content (AvgIpc) is 3.05. The maximum absolute atomic E-state index is 12.6. The molecule has 1 aliphatic rings. The Bertz CT molecular complexity index is 960. The van der Waals surface area contributed by atoms with E-state index in [1.807, 2.05) is 25.7 Å². The molecular formula is C27H43BrN2O2Si. The average molecular weight is 536 g/mol. The van der Waals surface area contributed by atoms with Gasteiger partial charge in [-0.1, -0.05) is 57.5 Å². The Morgan fingerprint density at radius 1 is 1.03 bits per heavy atom. The van der Waals surface area contributed by atoms with Crippen LogP contribution in [0.5, 0.6) is 0 Å². The Balaban J connectivity index is 2.01. The first-order valence-corrected chi connectivity index (χ1v) is 15.5. The molecule has 4 nitrogen and oxygen atoms in total. The van der Waals surface area contributed by atoms with Crippen molar-refractivity contribution in [3.05, 3.63) is 34.4 Å². The molecule has 0 atom stereocenters. The van der Waals surface area contributed by atoms with Crippen LogP contribution in [0.3, 0.4) is 0 Å². The number of nitrogens with zero attached hydrogens (tertiary/aromatic N) is 2. The first-order chi connectivity index (χ1) is 15.3. The van der Waals surface area contributed by atoms with Crippen LogP contribution in [0.15, 0.2) is 28.9 Å². The molecule has 6 heteroatoms. The van der Waals surface area contributed by atoms with Gasteiger partial charge in [-0.3, -0.25) is 0 Å². The van der Waals surface area contributed by atoms with E-state index in [2.05, 4.69) is 86.1 Å². The monoisotopic (exact) mass is 534 g/mol. The number of rotatable bonds is 5. The lowest BCUT2D eigenvalue weighted by Gasteiger charge is -2.44. The summed E-state index contributed by atoms with van der Waals surface area (Å²) >= 11 is 3.73. The molecule has 0 saturated carbocycles. The van der Waals surface area contributed by atoms with Gasteiger partial charge in [-0.05, 0) is 86.1 Å². The number of carbonyl (C=O) groups excluding carboxylic acids is 1. The van der Waals surface area contributed by atoms with E-state index in [4.69, 9.17) is 4.74 Å². The summed E-state index contributed by atoms with van der Waals surface area (Å²) in [6.07, 6.45) is 4.28.